The molecule has 0 amide bonds. The highest BCUT2D eigenvalue weighted by Crippen LogP contribution is 2.27. The van der Waals surface area contributed by atoms with Gasteiger partial charge in [0.25, 0.3) is 0 Å². The number of anilines is 4. The average Bonchev–Trinajstić information content (AvgIpc) is 2.60. The number of rotatable bonds is 5. The quantitative estimate of drug-likeness (QED) is 0.688. The summed E-state index contributed by atoms with van der Waals surface area (Å²) in [5.74, 6) is 1.52. The molecule has 0 aliphatic carbocycles. The molecule has 128 valence electrons. The van der Waals surface area contributed by atoms with Gasteiger partial charge in [-0.3, -0.25) is 0 Å². The van der Waals surface area contributed by atoms with E-state index >= 15 is 0 Å². The highest BCUT2D eigenvalue weighted by molar-refractivity contribution is 5.65. The van der Waals surface area contributed by atoms with Crippen LogP contribution in [0.3, 0.4) is 0 Å². The fourth-order valence-corrected chi connectivity index (χ4v) is 2.95. The van der Waals surface area contributed by atoms with Crippen LogP contribution in [0, 0.1) is 20.8 Å². The second-order valence-corrected chi connectivity index (χ2v) is 6.16. The van der Waals surface area contributed by atoms with Crippen molar-refractivity contribution in [2.75, 3.05) is 16.8 Å². The monoisotopic (exact) mass is 332 g/mol. The van der Waals surface area contributed by atoms with Crippen LogP contribution in [0.15, 0.2) is 54.6 Å². The van der Waals surface area contributed by atoms with Crippen LogP contribution in [-0.4, -0.2) is 16.5 Å². The zero-order valence-corrected chi connectivity index (χ0v) is 15.2. The highest BCUT2D eigenvalue weighted by Gasteiger charge is 2.12. The minimum atomic E-state index is 0.627. The van der Waals surface area contributed by atoms with E-state index in [0.717, 1.165) is 29.4 Å². The molecule has 0 fully saturated rings. The number of para-hydroxylation sites is 2. The number of aryl methyl sites for hydroxylation is 3. The van der Waals surface area contributed by atoms with Crippen LogP contribution in [0.5, 0.6) is 0 Å². The fraction of sp³-hybridized carbons (Fsp3) is 0.238. The lowest BCUT2D eigenvalue weighted by Gasteiger charge is -2.23. The van der Waals surface area contributed by atoms with E-state index < -0.39 is 0 Å². The van der Waals surface area contributed by atoms with Gasteiger partial charge >= 0.3 is 0 Å². The number of nitrogens with one attached hydrogen (secondary N) is 1. The molecule has 0 unspecified atom stereocenters. The third-order valence-electron chi connectivity index (χ3n) is 4.22. The summed E-state index contributed by atoms with van der Waals surface area (Å²) in [5.41, 5.74) is 5.50. The summed E-state index contributed by atoms with van der Waals surface area (Å²) in [4.78, 5) is 11.5. The SMILES string of the molecule is CCN(c1ccccc1)c1cc(C)nc(Nc2c(C)cccc2C)n1. The molecule has 4 nitrogen and oxygen atoms in total. The molecule has 1 aromatic heterocycles. The molecular formula is C21H24N4. The van der Waals surface area contributed by atoms with Gasteiger partial charge in [-0.2, -0.15) is 4.98 Å². The van der Waals surface area contributed by atoms with Gasteiger partial charge in [0.05, 0.1) is 0 Å². The molecule has 0 radical (unpaired) electrons. The molecule has 4 heteroatoms. The Kier molecular flexibility index (Phi) is 4.98. The predicted octanol–water partition coefficient (Wildman–Crippen LogP) is 5.30. The van der Waals surface area contributed by atoms with Gasteiger partial charge in [0.2, 0.25) is 5.95 Å². The Balaban J connectivity index is 1.98. The van der Waals surface area contributed by atoms with Crippen molar-refractivity contribution >= 4 is 23.1 Å². The van der Waals surface area contributed by atoms with E-state index in [1.165, 1.54) is 11.1 Å². The van der Waals surface area contributed by atoms with Gasteiger partial charge in [-0.25, -0.2) is 4.98 Å². The van der Waals surface area contributed by atoms with Gasteiger partial charge in [-0.15, -0.1) is 0 Å². The zero-order valence-electron chi connectivity index (χ0n) is 15.2. The summed E-state index contributed by atoms with van der Waals surface area (Å²) in [6.07, 6.45) is 0. The minimum Gasteiger partial charge on any atom is -0.326 e. The summed E-state index contributed by atoms with van der Waals surface area (Å²) in [7, 11) is 0. The van der Waals surface area contributed by atoms with E-state index in [4.69, 9.17) is 4.98 Å². The molecule has 25 heavy (non-hydrogen) atoms. The standard InChI is InChI=1S/C21H24N4/c1-5-25(18-12-7-6-8-13-18)19-14-17(4)22-21(23-19)24-20-15(2)10-9-11-16(20)3/h6-14H,5H2,1-4H3,(H,22,23,24). The number of hydrogen-bond acceptors (Lipinski definition) is 4. The molecule has 0 saturated heterocycles. The maximum absolute atomic E-state index is 4.76. The number of hydrogen-bond donors (Lipinski definition) is 1. The van der Waals surface area contributed by atoms with Crippen LogP contribution >= 0.6 is 0 Å². The topological polar surface area (TPSA) is 41.1 Å². The van der Waals surface area contributed by atoms with Crippen molar-refractivity contribution in [3.8, 4) is 0 Å². The Hall–Kier alpha value is -2.88. The maximum Gasteiger partial charge on any atom is 0.229 e. The lowest BCUT2D eigenvalue weighted by atomic mass is 10.1. The second kappa shape index (κ2) is 7.34. The van der Waals surface area contributed by atoms with Crippen molar-refractivity contribution in [3.63, 3.8) is 0 Å². The molecule has 0 saturated carbocycles. The number of nitrogens with zero attached hydrogens (tertiary/aromatic N) is 3. The van der Waals surface area contributed by atoms with Crippen molar-refractivity contribution in [1.29, 1.82) is 0 Å². The van der Waals surface area contributed by atoms with Gasteiger partial charge in [0.15, 0.2) is 0 Å². The molecule has 1 N–H and O–H groups in total. The van der Waals surface area contributed by atoms with E-state index in [1.54, 1.807) is 0 Å². The Morgan fingerprint density at radius 3 is 2.20 bits per heavy atom. The van der Waals surface area contributed by atoms with Crippen molar-refractivity contribution in [2.45, 2.75) is 27.7 Å². The summed E-state index contributed by atoms with van der Waals surface area (Å²) < 4.78 is 0. The molecular weight excluding hydrogens is 308 g/mol. The molecule has 0 atom stereocenters. The molecule has 0 aliphatic rings. The summed E-state index contributed by atoms with van der Waals surface area (Å²) in [6, 6.07) is 18.6. The molecule has 0 aliphatic heterocycles. The molecule has 3 rings (SSSR count). The zero-order chi connectivity index (χ0) is 17.8. The molecule has 0 spiro atoms. The van der Waals surface area contributed by atoms with E-state index in [2.05, 4.69) is 66.3 Å². The lowest BCUT2D eigenvalue weighted by molar-refractivity contribution is 0.969. The third kappa shape index (κ3) is 3.79. The smallest absolute Gasteiger partial charge is 0.229 e. The van der Waals surface area contributed by atoms with Crippen LogP contribution in [-0.2, 0) is 0 Å². The van der Waals surface area contributed by atoms with Gasteiger partial charge in [0, 0.05) is 29.7 Å². The van der Waals surface area contributed by atoms with Crippen LogP contribution in [0.25, 0.3) is 0 Å². The summed E-state index contributed by atoms with van der Waals surface area (Å²) >= 11 is 0. The Morgan fingerprint density at radius 2 is 1.56 bits per heavy atom. The second-order valence-electron chi connectivity index (χ2n) is 6.16. The summed E-state index contributed by atoms with van der Waals surface area (Å²) in [5, 5.41) is 3.40. The molecule has 3 aromatic rings. The number of benzene rings is 2. The first-order valence-corrected chi connectivity index (χ1v) is 8.60. The lowest BCUT2D eigenvalue weighted by Crippen LogP contribution is -2.18. The Morgan fingerprint density at radius 1 is 0.880 bits per heavy atom. The first kappa shape index (κ1) is 17.0. The van der Waals surface area contributed by atoms with E-state index in [0.29, 0.717) is 5.95 Å². The van der Waals surface area contributed by atoms with Gasteiger partial charge < -0.3 is 10.2 Å². The molecule has 2 aromatic carbocycles. The highest BCUT2D eigenvalue weighted by atomic mass is 15.2. The van der Waals surface area contributed by atoms with Crippen LogP contribution in [0.4, 0.5) is 23.1 Å². The fourth-order valence-electron chi connectivity index (χ4n) is 2.95. The first-order chi connectivity index (χ1) is 12.1. The largest absolute Gasteiger partial charge is 0.326 e. The third-order valence-corrected chi connectivity index (χ3v) is 4.22. The van der Waals surface area contributed by atoms with E-state index in [-0.39, 0.29) is 0 Å². The minimum absolute atomic E-state index is 0.627. The normalized spacial score (nSPS) is 10.6. The van der Waals surface area contributed by atoms with Crippen molar-refractivity contribution in [1.82, 2.24) is 9.97 Å². The molecule has 0 bridgehead atoms. The van der Waals surface area contributed by atoms with E-state index in [1.807, 2.05) is 31.2 Å². The van der Waals surface area contributed by atoms with Crippen LogP contribution in [0.1, 0.15) is 23.7 Å². The summed E-state index contributed by atoms with van der Waals surface area (Å²) in [6.45, 7) is 9.15. The maximum atomic E-state index is 4.76. The van der Waals surface area contributed by atoms with Crippen molar-refractivity contribution < 1.29 is 0 Å². The average molecular weight is 332 g/mol. The van der Waals surface area contributed by atoms with E-state index in [9.17, 15) is 0 Å². The van der Waals surface area contributed by atoms with Crippen molar-refractivity contribution in [3.05, 3.63) is 71.4 Å². The predicted molar refractivity (Wildman–Crippen MR) is 105 cm³/mol. The Bertz CT molecular complexity index is 839. The van der Waals surface area contributed by atoms with Crippen molar-refractivity contribution in [2.24, 2.45) is 0 Å². The van der Waals surface area contributed by atoms with Crippen LogP contribution in [0.2, 0.25) is 0 Å². The van der Waals surface area contributed by atoms with Crippen LogP contribution < -0.4 is 10.2 Å². The van der Waals surface area contributed by atoms with Gasteiger partial charge in [-0.1, -0.05) is 36.4 Å². The Labute approximate surface area is 149 Å². The van der Waals surface area contributed by atoms with Gasteiger partial charge in [-0.05, 0) is 51.0 Å². The first-order valence-electron chi connectivity index (χ1n) is 8.60. The van der Waals surface area contributed by atoms with Gasteiger partial charge in [0.1, 0.15) is 5.82 Å². The molecule has 1 heterocycles. The number of aromatic nitrogens is 2.